The predicted molar refractivity (Wildman–Crippen MR) is 106 cm³/mol. The average molecular weight is 373 g/mol. The molecule has 0 unspecified atom stereocenters. The Morgan fingerprint density at radius 3 is 2.63 bits per heavy atom. The summed E-state index contributed by atoms with van der Waals surface area (Å²) in [6, 6.07) is 7.06. The minimum atomic E-state index is -0.177. The van der Waals surface area contributed by atoms with Gasteiger partial charge in [-0.3, -0.25) is 4.79 Å². The Balaban J connectivity index is 1.57. The molecule has 2 heterocycles. The van der Waals surface area contributed by atoms with Crippen LogP contribution in [-0.2, 0) is 4.74 Å². The molecule has 27 heavy (non-hydrogen) atoms. The Kier molecular flexibility index (Phi) is 7.10. The molecule has 6 heteroatoms. The van der Waals surface area contributed by atoms with E-state index in [-0.39, 0.29) is 18.0 Å². The maximum atomic E-state index is 12.8. The van der Waals surface area contributed by atoms with Gasteiger partial charge in [0.05, 0.1) is 6.10 Å². The highest BCUT2D eigenvalue weighted by atomic mass is 16.5. The Bertz CT molecular complexity index is 635. The molecule has 0 aromatic heterocycles. The van der Waals surface area contributed by atoms with E-state index in [1.165, 1.54) is 12.8 Å². The molecule has 1 aromatic carbocycles. The van der Waals surface area contributed by atoms with Gasteiger partial charge >= 0.3 is 6.03 Å². The highest BCUT2D eigenvalue weighted by Crippen LogP contribution is 2.17. The summed E-state index contributed by atoms with van der Waals surface area (Å²) in [6.07, 6.45) is 7.88. The highest BCUT2D eigenvalue weighted by Gasteiger charge is 2.20. The topological polar surface area (TPSA) is 61.9 Å². The second kappa shape index (κ2) is 9.74. The summed E-state index contributed by atoms with van der Waals surface area (Å²) >= 11 is 0. The second-order valence-electron chi connectivity index (χ2n) is 7.59. The highest BCUT2D eigenvalue weighted by molar-refractivity contribution is 5.96. The van der Waals surface area contributed by atoms with E-state index in [1.807, 2.05) is 23.1 Å². The van der Waals surface area contributed by atoms with E-state index in [9.17, 15) is 9.59 Å². The molecule has 2 aliphatic rings. The van der Waals surface area contributed by atoms with E-state index in [1.54, 1.807) is 18.0 Å². The standard InChI is InChI=1S/C21H31N3O3/c1-23(16-19-11-4-7-14-27-19)21(26)22-18-10-8-9-17(15-18)20(25)24-12-5-2-3-6-13-24/h8-10,15,19H,2-7,11-14,16H2,1H3,(H,22,26)/t19-/m0/s1. The van der Waals surface area contributed by atoms with Crippen LogP contribution < -0.4 is 5.32 Å². The van der Waals surface area contributed by atoms with Crippen molar-refractivity contribution >= 4 is 17.6 Å². The van der Waals surface area contributed by atoms with E-state index < -0.39 is 0 Å². The molecule has 1 aromatic rings. The average Bonchev–Trinajstić information content (AvgIpc) is 2.98. The zero-order chi connectivity index (χ0) is 19.1. The maximum Gasteiger partial charge on any atom is 0.321 e. The zero-order valence-corrected chi connectivity index (χ0v) is 16.3. The first-order valence-corrected chi connectivity index (χ1v) is 10.2. The minimum absolute atomic E-state index is 0.0527. The molecule has 3 amide bonds. The van der Waals surface area contributed by atoms with Crippen molar-refractivity contribution < 1.29 is 14.3 Å². The number of hydrogen-bond acceptors (Lipinski definition) is 3. The van der Waals surface area contributed by atoms with Crippen LogP contribution in [0.15, 0.2) is 24.3 Å². The van der Waals surface area contributed by atoms with Crippen molar-refractivity contribution in [1.29, 1.82) is 0 Å². The maximum absolute atomic E-state index is 12.8. The van der Waals surface area contributed by atoms with Crippen molar-refractivity contribution in [1.82, 2.24) is 9.80 Å². The van der Waals surface area contributed by atoms with Crippen molar-refractivity contribution in [2.75, 3.05) is 38.6 Å². The number of benzene rings is 1. The molecule has 6 nitrogen and oxygen atoms in total. The second-order valence-corrected chi connectivity index (χ2v) is 7.59. The van der Waals surface area contributed by atoms with E-state index in [0.29, 0.717) is 17.8 Å². The Labute approximate surface area is 161 Å². The van der Waals surface area contributed by atoms with Crippen LogP contribution in [0.1, 0.15) is 55.3 Å². The number of amides is 3. The van der Waals surface area contributed by atoms with Gasteiger partial charge in [-0.2, -0.15) is 0 Å². The fourth-order valence-corrected chi connectivity index (χ4v) is 3.74. The SMILES string of the molecule is CN(C[C@@H]1CCCCO1)C(=O)Nc1cccc(C(=O)N2CCCCCC2)c1. The number of rotatable bonds is 4. The van der Waals surface area contributed by atoms with Gasteiger partial charge in [-0.15, -0.1) is 0 Å². The summed E-state index contributed by atoms with van der Waals surface area (Å²) < 4.78 is 5.71. The quantitative estimate of drug-likeness (QED) is 0.875. The monoisotopic (exact) mass is 373 g/mol. The van der Waals surface area contributed by atoms with Gasteiger partial charge in [0.2, 0.25) is 0 Å². The lowest BCUT2D eigenvalue weighted by atomic mass is 10.1. The lowest BCUT2D eigenvalue weighted by Gasteiger charge is -2.27. The van der Waals surface area contributed by atoms with Crippen LogP contribution in [0.2, 0.25) is 0 Å². The summed E-state index contributed by atoms with van der Waals surface area (Å²) in [6.45, 7) is 3.00. The molecule has 0 bridgehead atoms. The van der Waals surface area contributed by atoms with Gasteiger partial charge in [-0.05, 0) is 50.3 Å². The lowest BCUT2D eigenvalue weighted by molar-refractivity contribution is 0.00463. The van der Waals surface area contributed by atoms with Gasteiger partial charge in [0.25, 0.3) is 5.91 Å². The predicted octanol–water partition coefficient (Wildman–Crippen LogP) is 3.74. The first-order chi connectivity index (χ1) is 13.1. The van der Waals surface area contributed by atoms with Crippen molar-refractivity contribution in [2.24, 2.45) is 0 Å². The van der Waals surface area contributed by atoms with Crippen LogP contribution >= 0.6 is 0 Å². The number of hydrogen-bond donors (Lipinski definition) is 1. The van der Waals surface area contributed by atoms with Crippen molar-refractivity contribution in [3.8, 4) is 0 Å². The summed E-state index contributed by atoms with van der Waals surface area (Å²) in [4.78, 5) is 28.8. The number of nitrogens with one attached hydrogen (secondary N) is 1. The smallest absolute Gasteiger partial charge is 0.321 e. The number of carbonyl (C=O) groups is 2. The molecule has 148 valence electrons. The Morgan fingerprint density at radius 2 is 1.93 bits per heavy atom. The number of likely N-dealkylation sites (N-methyl/N-ethyl adjacent to an activating group) is 1. The van der Waals surface area contributed by atoms with Gasteiger partial charge in [0.1, 0.15) is 0 Å². The molecular weight excluding hydrogens is 342 g/mol. The number of nitrogens with zero attached hydrogens (tertiary/aromatic N) is 2. The number of carbonyl (C=O) groups excluding carboxylic acids is 2. The molecule has 2 aliphatic heterocycles. The number of anilines is 1. The zero-order valence-electron chi connectivity index (χ0n) is 16.3. The van der Waals surface area contributed by atoms with E-state index in [4.69, 9.17) is 4.74 Å². The molecule has 0 radical (unpaired) electrons. The number of likely N-dealkylation sites (tertiary alicyclic amines) is 1. The molecule has 1 N–H and O–H groups in total. The Hall–Kier alpha value is -2.08. The van der Waals surface area contributed by atoms with E-state index >= 15 is 0 Å². The normalized spacial score (nSPS) is 20.6. The van der Waals surface area contributed by atoms with Crippen molar-refractivity contribution in [2.45, 2.75) is 51.0 Å². The van der Waals surface area contributed by atoms with Gasteiger partial charge in [0.15, 0.2) is 0 Å². The lowest BCUT2D eigenvalue weighted by Crippen LogP contribution is -2.39. The van der Waals surface area contributed by atoms with Crippen LogP contribution in [0, 0.1) is 0 Å². The Morgan fingerprint density at radius 1 is 1.15 bits per heavy atom. The molecule has 1 atom stereocenters. The third-order valence-corrected chi connectivity index (χ3v) is 5.35. The van der Waals surface area contributed by atoms with E-state index in [0.717, 1.165) is 51.8 Å². The summed E-state index contributed by atoms with van der Waals surface area (Å²) in [7, 11) is 1.78. The molecule has 3 rings (SSSR count). The van der Waals surface area contributed by atoms with E-state index in [2.05, 4.69) is 5.32 Å². The molecule has 2 fully saturated rings. The number of ether oxygens (including phenoxy) is 1. The summed E-state index contributed by atoms with van der Waals surface area (Å²) in [5.41, 5.74) is 1.28. The van der Waals surface area contributed by atoms with Crippen molar-refractivity contribution in [3.63, 3.8) is 0 Å². The first-order valence-electron chi connectivity index (χ1n) is 10.2. The van der Waals surface area contributed by atoms with Gasteiger partial charge in [0, 0.05) is 44.5 Å². The molecule has 0 aliphatic carbocycles. The van der Waals surface area contributed by atoms with Crippen LogP contribution in [0.25, 0.3) is 0 Å². The molecule has 0 saturated carbocycles. The van der Waals surface area contributed by atoms with Gasteiger partial charge in [-0.25, -0.2) is 4.79 Å². The van der Waals surface area contributed by atoms with Crippen LogP contribution in [0.3, 0.4) is 0 Å². The third kappa shape index (κ3) is 5.70. The van der Waals surface area contributed by atoms with Crippen LogP contribution in [0.4, 0.5) is 10.5 Å². The number of urea groups is 1. The fraction of sp³-hybridized carbons (Fsp3) is 0.619. The fourth-order valence-electron chi connectivity index (χ4n) is 3.74. The largest absolute Gasteiger partial charge is 0.376 e. The summed E-state index contributed by atoms with van der Waals surface area (Å²) in [5, 5.41) is 2.90. The summed E-state index contributed by atoms with van der Waals surface area (Å²) in [5.74, 6) is 0.0527. The van der Waals surface area contributed by atoms with Gasteiger partial charge in [-0.1, -0.05) is 18.9 Å². The molecule has 2 saturated heterocycles. The third-order valence-electron chi connectivity index (χ3n) is 5.35. The first kappa shape index (κ1) is 19.7. The van der Waals surface area contributed by atoms with Crippen LogP contribution in [-0.4, -0.2) is 61.1 Å². The minimum Gasteiger partial charge on any atom is -0.376 e. The van der Waals surface area contributed by atoms with Crippen LogP contribution in [0.5, 0.6) is 0 Å². The van der Waals surface area contributed by atoms with Crippen molar-refractivity contribution in [3.05, 3.63) is 29.8 Å². The molecule has 0 spiro atoms. The molecular formula is C21H31N3O3. The van der Waals surface area contributed by atoms with Gasteiger partial charge < -0.3 is 19.9 Å².